The van der Waals surface area contributed by atoms with Crippen LogP contribution < -0.4 is 10.5 Å². The van der Waals surface area contributed by atoms with E-state index in [1.54, 1.807) is 0 Å². The van der Waals surface area contributed by atoms with Gasteiger partial charge in [-0.15, -0.1) is 0 Å². The minimum Gasteiger partial charge on any atom is -0.497 e. The molecule has 94 valence electrons. The van der Waals surface area contributed by atoms with E-state index in [0.717, 1.165) is 12.5 Å². The minimum absolute atomic E-state index is 0.178. The monoisotopic (exact) mass is 245 g/mol. The van der Waals surface area contributed by atoms with Crippen molar-refractivity contribution >= 4 is 0 Å². The predicted octanol–water partition coefficient (Wildman–Crippen LogP) is 3.05. The molecule has 0 atom stereocenters. The second-order valence-electron chi connectivity index (χ2n) is 4.42. The molecule has 1 aliphatic rings. The molecule has 0 unspecified atom stereocenters. The van der Waals surface area contributed by atoms with E-state index >= 15 is 0 Å². The number of methoxy groups -OCH3 is 1. The van der Waals surface area contributed by atoms with Crippen LogP contribution >= 0.6 is 0 Å². The lowest BCUT2D eigenvalue weighted by Gasteiger charge is -2.40. The van der Waals surface area contributed by atoms with Crippen molar-refractivity contribution < 1.29 is 17.9 Å². The van der Waals surface area contributed by atoms with Crippen molar-refractivity contribution in [3.63, 3.8) is 0 Å². The molecule has 0 heterocycles. The number of rotatable bonds is 2. The van der Waals surface area contributed by atoms with Crippen molar-refractivity contribution in [1.82, 2.24) is 0 Å². The Labute approximate surface area is 97.6 Å². The third-order valence-corrected chi connectivity index (χ3v) is 3.31. The number of ether oxygens (including phenoxy) is 1. The summed E-state index contributed by atoms with van der Waals surface area (Å²) in [4.78, 5) is 0. The highest BCUT2D eigenvalue weighted by molar-refractivity contribution is 5.42. The van der Waals surface area contributed by atoms with Crippen molar-refractivity contribution in [2.75, 3.05) is 7.11 Å². The Hall–Kier alpha value is -1.23. The van der Waals surface area contributed by atoms with E-state index in [9.17, 15) is 13.2 Å². The first-order chi connectivity index (χ1) is 7.87. The highest BCUT2D eigenvalue weighted by atomic mass is 19.4. The van der Waals surface area contributed by atoms with E-state index < -0.39 is 17.3 Å². The third-order valence-electron chi connectivity index (χ3n) is 3.31. The van der Waals surface area contributed by atoms with Gasteiger partial charge in [0.1, 0.15) is 5.75 Å². The van der Waals surface area contributed by atoms with E-state index in [2.05, 4.69) is 0 Å². The first kappa shape index (κ1) is 12.2. The average molecular weight is 245 g/mol. The number of nitrogens with two attached hydrogens (primary N) is 1. The van der Waals surface area contributed by atoms with Gasteiger partial charge in [-0.1, -0.05) is 6.07 Å². The minimum atomic E-state index is -4.40. The SMILES string of the molecule is COc1ccc(C2(N)CCC2)c(C(F)(F)F)c1. The van der Waals surface area contributed by atoms with Crippen LogP contribution in [-0.2, 0) is 11.7 Å². The van der Waals surface area contributed by atoms with E-state index in [-0.39, 0.29) is 11.3 Å². The van der Waals surface area contributed by atoms with Gasteiger partial charge in [0.25, 0.3) is 0 Å². The fraction of sp³-hybridized carbons (Fsp3) is 0.500. The quantitative estimate of drug-likeness (QED) is 0.869. The molecule has 2 N–H and O–H groups in total. The zero-order valence-corrected chi connectivity index (χ0v) is 9.47. The number of alkyl halides is 3. The predicted molar refractivity (Wildman–Crippen MR) is 57.7 cm³/mol. The summed E-state index contributed by atoms with van der Waals surface area (Å²) in [5.41, 5.74) is 4.65. The van der Waals surface area contributed by atoms with Crippen molar-refractivity contribution in [1.29, 1.82) is 0 Å². The van der Waals surface area contributed by atoms with Crippen LogP contribution in [-0.4, -0.2) is 7.11 Å². The lowest BCUT2D eigenvalue weighted by molar-refractivity contribution is -0.139. The molecule has 0 spiro atoms. The van der Waals surface area contributed by atoms with Crippen LogP contribution in [0.15, 0.2) is 18.2 Å². The van der Waals surface area contributed by atoms with Crippen LogP contribution in [0.1, 0.15) is 30.4 Å². The summed E-state index contributed by atoms with van der Waals surface area (Å²) in [6.45, 7) is 0. The van der Waals surface area contributed by atoms with Crippen LogP contribution in [0, 0.1) is 0 Å². The van der Waals surface area contributed by atoms with Gasteiger partial charge in [-0.2, -0.15) is 13.2 Å². The summed E-state index contributed by atoms with van der Waals surface area (Å²) in [7, 11) is 1.34. The van der Waals surface area contributed by atoms with Gasteiger partial charge in [0, 0.05) is 5.54 Å². The molecule has 1 aliphatic carbocycles. The molecule has 1 saturated carbocycles. The van der Waals surface area contributed by atoms with Gasteiger partial charge >= 0.3 is 6.18 Å². The molecule has 0 radical (unpaired) electrons. The van der Waals surface area contributed by atoms with Gasteiger partial charge in [-0.25, -0.2) is 0 Å². The van der Waals surface area contributed by atoms with Crippen LogP contribution in [0.2, 0.25) is 0 Å². The Morgan fingerprint density at radius 3 is 2.35 bits per heavy atom. The average Bonchev–Trinajstić information content (AvgIpc) is 2.24. The topological polar surface area (TPSA) is 35.2 Å². The molecule has 1 aromatic carbocycles. The summed E-state index contributed by atoms with van der Waals surface area (Å²) in [5, 5.41) is 0. The summed E-state index contributed by atoms with van der Waals surface area (Å²) < 4.78 is 43.7. The van der Waals surface area contributed by atoms with Crippen molar-refractivity contribution in [2.24, 2.45) is 5.73 Å². The van der Waals surface area contributed by atoms with E-state index in [1.165, 1.54) is 19.2 Å². The first-order valence-electron chi connectivity index (χ1n) is 5.41. The Kier molecular flexibility index (Phi) is 2.81. The fourth-order valence-electron chi connectivity index (χ4n) is 2.15. The second kappa shape index (κ2) is 3.91. The summed E-state index contributed by atoms with van der Waals surface area (Å²) in [6, 6.07) is 3.97. The zero-order chi connectivity index (χ0) is 12.7. The van der Waals surface area contributed by atoms with E-state index in [0.29, 0.717) is 12.8 Å². The highest BCUT2D eigenvalue weighted by Gasteiger charge is 2.43. The van der Waals surface area contributed by atoms with Crippen LogP contribution in [0.5, 0.6) is 5.75 Å². The largest absolute Gasteiger partial charge is 0.497 e. The van der Waals surface area contributed by atoms with Crippen LogP contribution in [0.4, 0.5) is 13.2 Å². The number of hydrogen-bond donors (Lipinski definition) is 1. The molecule has 2 rings (SSSR count). The fourth-order valence-corrected chi connectivity index (χ4v) is 2.15. The molecular weight excluding hydrogens is 231 g/mol. The summed E-state index contributed by atoms with van der Waals surface area (Å²) in [5.74, 6) is 0.198. The summed E-state index contributed by atoms with van der Waals surface area (Å²) in [6.07, 6.45) is -2.32. The number of halogens is 3. The molecule has 0 bridgehead atoms. The number of benzene rings is 1. The Morgan fingerprint density at radius 1 is 1.29 bits per heavy atom. The van der Waals surface area contributed by atoms with Gasteiger partial charge in [0.15, 0.2) is 0 Å². The molecular formula is C12H14F3NO. The molecule has 5 heteroatoms. The second-order valence-corrected chi connectivity index (χ2v) is 4.42. The van der Waals surface area contributed by atoms with Crippen molar-refractivity contribution in [2.45, 2.75) is 31.0 Å². The van der Waals surface area contributed by atoms with E-state index in [4.69, 9.17) is 10.5 Å². The smallest absolute Gasteiger partial charge is 0.416 e. The molecule has 17 heavy (non-hydrogen) atoms. The number of hydrogen-bond acceptors (Lipinski definition) is 2. The zero-order valence-electron chi connectivity index (χ0n) is 9.47. The Morgan fingerprint density at radius 2 is 1.94 bits per heavy atom. The lowest BCUT2D eigenvalue weighted by atomic mass is 9.71. The highest BCUT2D eigenvalue weighted by Crippen LogP contribution is 2.45. The van der Waals surface area contributed by atoms with E-state index in [1.807, 2.05) is 0 Å². The molecule has 1 fully saturated rings. The van der Waals surface area contributed by atoms with Gasteiger partial charge < -0.3 is 10.5 Å². The molecule has 1 aromatic rings. The maximum atomic E-state index is 12.9. The van der Waals surface area contributed by atoms with Crippen LogP contribution in [0.25, 0.3) is 0 Å². The van der Waals surface area contributed by atoms with Gasteiger partial charge in [-0.3, -0.25) is 0 Å². The molecule has 0 aliphatic heterocycles. The molecule has 0 saturated heterocycles. The Balaban J connectivity index is 2.51. The molecule has 2 nitrogen and oxygen atoms in total. The van der Waals surface area contributed by atoms with Gasteiger partial charge in [-0.05, 0) is 37.0 Å². The molecule has 0 aromatic heterocycles. The van der Waals surface area contributed by atoms with Gasteiger partial charge in [0.05, 0.1) is 12.7 Å². The van der Waals surface area contributed by atoms with Gasteiger partial charge in [0.2, 0.25) is 0 Å². The maximum Gasteiger partial charge on any atom is 0.416 e. The Bertz CT molecular complexity index is 424. The first-order valence-corrected chi connectivity index (χ1v) is 5.41. The van der Waals surface area contributed by atoms with Crippen LogP contribution in [0.3, 0.4) is 0 Å². The van der Waals surface area contributed by atoms with Crippen molar-refractivity contribution in [3.05, 3.63) is 29.3 Å². The normalized spacial score (nSPS) is 18.6. The maximum absolute atomic E-state index is 12.9. The standard InChI is InChI=1S/C12H14F3NO/c1-17-8-3-4-9(11(16)5-2-6-11)10(7-8)12(13,14)15/h3-4,7H,2,5-6,16H2,1H3. The van der Waals surface area contributed by atoms with Crippen molar-refractivity contribution in [3.8, 4) is 5.75 Å². The summed E-state index contributed by atoms with van der Waals surface area (Å²) >= 11 is 0. The third kappa shape index (κ3) is 2.11. The lowest BCUT2D eigenvalue weighted by Crippen LogP contribution is -2.44. The molecule has 0 amide bonds.